The summed E-state index contributed by atoms with van der Waals surface area (Å²) < 4.78 is 5.22. The molecule has 3 unspecified atom stereocenters. The Morgan fingerprint density at radius 1 is 1.45 bits per heavy atom. The lowest BCUT2D eigenvalue weighted by Crippen LogP contribution is -2.50. The van der Waals surface area contributed by atoms with Crippen molar-refractivity contribution in [1.29, 1.82) is 0 Å². The Balaban J connectivity index is 1.61. The number of nitrogens with zero attached hydrogens (tertiary/aromatic N) is 4. The van der Waals surface area contributed by atoms with Crippen LogP contribution in [0.25, 0.3) is 0 Å². The first-order chi connectivity index (χ1) is 9.54. The van der Waals surface area contributed by atoms with Crippen LogP contribution >= 0.6 is 0 Å². The summed E-state index contributed by atoms with van der Waals surface area (Å²) in [6, 6.07) is 0.383. The van der Waals surface area contributed by atoms with E-state index in [0.717, 1.165) is 26.1 Å². The van der Waals surface area contributed by atoms with E-state index in [-0.39, 0.29) is 11.8 Å². The number of carboxylic acids is 1. The summed E-state index contributed by atoms with van der Waals surface area (Å²) in [6.45, 7) is 3.10. The van der Waals surface area contributed by atoms with Crippen LogP contribution in [0.1, 0.15) is 24.1 Å². The largest absolute Gasteiger partial charge is 0.481 e. The van der Waals surface area contributed by atoms with E-state index in [2.05, 4.69) is 34.0 Å². The molecule has 1 saturated heterocycles. The number of piperazine rings is 1. The van der Waals surface area contributed by atoms with Crippen LogP contribution in [0.3, 0.4) is 0 Å². The van der Waals surface area contributed by atoms with Gasteiger partial charge in [-0.15, -0.1) is 0 Å². The van der Waals surface area contributed by atoms with Crippen molar-refractivity contribution in [3.63, 3.8) is 0 Å². The maximum Gasteiger partial charge on any atom is 0.307 e. The maximum atomic E-state index is 10.8. The van der Waals surface area contributed by atoms with E-state index >= 15 is 0 Å². The van der Waals surface area contributed by atoms with Crippen LogP contribution < -0.4 is 0 Å². The zero-order valence-electron chi connectivity index (χ0n) is 11.8. The topological polar surface area (TPSA) is 82.7 Å². The Morgan fingerprint density at radius 3 is 2.95 bits per heavy atom. The smallest absolute Gasteiger partial charge is 0.307 e. The van der Waals surface area contributed by atoms with Gasteiger partial charge in [-0.25, -0.2) is 0 Å². The number of likely N-dealkylation sites (N-methyl/N-ethyl adjacent to an activating group) is 2. The number of rotatable bonds is 4. The van der Waals surface area contributed by atoms with Gasteiger partial charge in [-0.2, -0.15) is 4.98 Å². The first kappa shape index (κ1) is 13.5. The minimum Gasteiger partial charge on any atom is -0.481 e. The number of aromatic nitrogens is 2. The van der Waals surface area contributed by atoms with Gasteiger partial charge in [0, 0.05) is 32.1 Å². The van der Waals surface area contributed by atoms with Crippen LogP contribution in [0.2, 0.25) is 0 Å². The maximum absolute atomic E-state index is 10.8. The van der Waals surface area contributed by atoms with Crippen molar-refractivity contribution in [1.82, 2.24) is 19.9 Å². The zero-order chi connectivity index (χ0) is 14.3. The summed E-state index contributed by atoms with van der Waals surface area (Å²) in [7, 11) is 4.23. The third-order valence-corrected chi connectivity index (χ3v) is 4.31. The molecule has 7 heteroatoms. The van der Waals surface area contributed by atoms with E-state index in [0.29, 0.717) is 24.2 Å². The highest BCUT2D eigenvalue weighted by Crippen LogP contribution is 2.46. The average Bonchev–Trinajstić information content (AvgIpc) is 3.08. The van der Waals surface area contributed by atoms with E-state index in [9.17, 15) is 4.79 Å². The first-order valence-electron chi connectivity index (χ1n) is 6.98. The fourth-order valence-electron chi connectivity index (χ4n) is 2.77. The Bertz CT molecular complexity index is 504. The second kappa shape index (κ2) is 5.14. The van der Waals surface area contributed by atoms with Crippen LogP contribution in [0, 0.1) is 5.92 Å². The third kappa shape index (κ3) is 2.69. The van der Waals surface area contributed by atoms with Crippen molar-refractivity contribution < 1.29 is 14.4 Å². The number of carbonyl (C=O) groups is 1. The molecule has 110 valence electrons. The quantitative estimate of drug-likeness (QED) is 0.834. The normalized spacial score (nSPS) is 31.4. The molecule has 1 aliphatic carbocycles. The van der Waals surface area contributed by atoms with Crippen molar-refractivity contribution in [3.05, 3.63) is 11.7 Å². The molecule has 0 spiro atoms. The van der Waals surface area contributed by atoms with Gasteiger partial charge in [0.2, 0.25) is 5.89 Å². The van der Waals surface area contributed by atoms with E-state index in [4.69, 9.17) is 9.63 Å². The second-order valence-electron chi connectivity index (χ2n) is 5.94. The summed E-state index contributed by atoms with van der Waals surface area (Å²) in [5.41, 5.74) is 0. The summed E-state index contributed by atoms with van der Waals surface area (Å²) in [4.78, 5) is 19.8. The number of hydrogen-bond acceptors (Lipinski definition) is 6. The minimum atomic E-state index is -0.775. The molecule has 1 aromatic rings. The van der Waals surface area contributed by atoms with E-state index in [1.165, 1.54) is 0 Å². The van der Waals surface area contributed by atoms with Gasteiger partial charge >= 0.3 is 5.97 Å². The molecule has 1 N–H and O–H groups in total. The third-order valence-electron chi connectivity index (χ3n) is 4.31. The van der Waals surface area contributed by atoms with Crippen LogP contribution in [0.15, 0.2) is 4.52 Å². The van der Waals surface area contributed by atoms with Gasteiger partial charge in [0.15, 0.2) is 5.82 Å². The van der Waals surface area contributed by atoms with Gasteiger partial charge in [-0.05, 0) is 20.5 Å². The van der Waals surface area contributed by atoms with Crippen molar-refractivity contribution in [2.24, 2.45) is 5.92 Å². The van der Waals surface area contributed by atoms with Crippen LogP contribution in [-0.4, -0.2) is 70.8 Å². The summed E-state index contributed by atoms with van der Waals surface area (Å²) in [5, 5.41) is 12.9. The molecule has 7 nitrogen and oxygen atoms in total. The van der Waals surface area contributed by atoms with Crippen LogP contribution in [-0.2, 0) is 11.2 Å². The molecule has 0 radical (unpaired) electrons. The van der Waals surface area contributed by atoms with Crippen LogP contribution in [0.5, 0.6) is 0 Å². The second-order valence-corrected chi connectivity index (χ2v) is 5.94. The average molecular weight is 280 g/mol. The van der Waals surface area contributed by atoms with Crippen LogP contribution in [0.4, 0.5) is 0 Å². The summed E-state index contributed by atoms with van der Waals surface area (Å²) in [6.07, 6.45) is 1.36. The lowest BCUT2D eigenvalue weighted by atomic mass is 10.1. The van der Waals surface area contributed by atoms with Gasteiger partial charge in [-0.3, -0.25) is 4.79 Å². The Morgan fingerprint density at radius 2 is 2.25 bits per heavy atom. The van der Waals surface area contributed by atoms with Gasteiger partial charge in [0.1, 0.15) is 0 Å². The molecule has 20 heavy (non-hydrogen) atoms. The molecule has 2 heterocycles. The molecule has 3 atom stereocenters. The van der Waals surface area contributed by atoms with Crippen molar-refractivity contribution >= 4 is 5.97 Å². The highest BCUT2D eigenvalue weighted by molar-refractivity contribution is 5.74. The monoisotopic (exact) mass is 280 g/mol. The molecule has 1 saturated carbocycles. The van der Waals surface area contributed by atoms with Crippen molar-refractivity contribution in [2.45, 2.75) is 24.8 Å². The minimum absolute atomic E-state index is 0.0829. The van der Waals surface area contributed by atoms with E-state index in [1.54, 1.807) is 0 Å². The highest BCUT2D eigenvalue weighted by atomic mass is 16.5. The lowest BCUT2D eigenvalue weighted by Gasteiger charge is -2.37. The number of hydrogen-bond donors (Lipinski definition) is 1. The van der Waals surface area contributed by atoms with Crippen molar-refractivity contribution in [2.75, 3.05) is 33.7 Å². The molecular formula is C13H20N4O3. The summed E-state index contributed by atoms with van der Waals surface area (Å²) in [5.74, 6) is -0.0295. The molecular weight excluding hydrogens is 260 g/mol. The van der Waals surface area contributed by atoms with E-state index < -0.39 is 5.97 Å². The van der Waals surface area contributed by atoms with Gasteiger partial charge < -0.3 is 19.4 Å². The predicted molar refractivity (Wildman–Crippen MR) is 70.4 cm³/mol. The molecule has 0 bridgehead atoms. The standard InChI is InChI=1S/C13H20N4O3/c1-16-3-4-17(2)8(7-16)5-11-14-12(20-15-11)9-6-10(9)13(18)19/h8-10H,3-7H2,1-2H3,(H,18,19). The molecule has 0 amide bonds. The van der Waals surface area contributed by atoms with E-state index in [1.807, 2.05) is 0 Å². The number of carboxylic acid groups (broad SMARTS) is 1. The fourth-order valence-corrected chi connectivity index (χ4v) is 2.77. The predicted octanol–water partition coefficient (Wildman–Crippen LogP) is 0.0460. The van der Waals surface area contributed by atoms with Crippen molar-refractivity contribution in [3.8, 4) is 0 Å². The number of aliphatic carboxylic acids is 1. The zero-order valence-corrected chi connectivity index (χ0v) is 11.8. The molecule has 3 rings (SSSR count). The molecule has 1 aliphatic heterocycles. The molecule has 1 aromatic heterocycles. The van der Waals surface area contributed by atoms with Gasteiger partial charge in [0.25, 0.3) is 0 Å². The SMILES string of the molecule is CN1CCN(C)C(Cc2noc(C3CC3C(=O)O)n2)C1. The highest BCUT2D eigenvalue weighted by Gasteiger charge is 2.48. The molecule has 2 fully saturated rings. The summed E-state index contributed by atoms with van der Waals surface area (Å²) >= 11 is 0. The van der Waals surface area contributed by atoms with Gasteiger partial charge in [-0.1, -0.05) is 5.16 Å². The van der Waals surface area contributed by atoms with Gasteiger partial charge in [0.05, 0.1) is 11.8 Å². The lowest BCUT2D eigenvalue weighted by molar-refractivity contribution is -0.138. The Labute approximate surface area is 117 Å². The molecule has 2 aliphatic rings. The Hall–Kier alpha value is -1.47. The molecule has 0 aromatic carbocycles. The fraction of sp³-hybridized carbons (Fsp3) is 0.769. The first-order valence-corrected chi connectivity index (χ1v) is 6.98. The Kier molecular flexibility index (Phi) is 3.47.